The zero-order valence-corrected chi connectivity index (χ0v) is 9.37. The fourth-order valence-corrected chi connectivity index (χ4v) is 1.75. The van der Waals surface area contributed by atoms with E-state index in [0.29, 0.717) is 0 Å². The van der Waals surface area contributed by atoms with Gasteiger partial charge in [-0.05, 0) is 25.5 Å². The molecule has 1 atom stereocenters. The average Bonchev–Trinajstić information content (AvgIpc) is 2.60. The summed E-state index contributed by atoms with van der Waals surface area (Å²) in [6.45, 7) is 5.39. The van der Waals surface area contributed by atoms with E-state index in [9.17, 15) is 0 Å². The van der Waals surface area contributed by atoms with Crippen molar-refractivity contribution in [1.29, 1.82) is 0 Å². The normalized spacial score (nSPS) is 13.1. The summed E-state index contributed by atoms with van der Waals surface area (Å²) in [5, 5.41) is 0. The highest BCUT2D eigenvalue weighted by atomic mass is 15.0. The zero-order valence-electron chi connectivity index (χ0n) is 9.37. The van der Waals surface area contributed by atoms with Crippen molar-refractivity contribution in [3.05, 3.63) is 24.0 Å². The lowest BCUT2D eigenvalue weighted by molar-refractivity contribution is 0.556. The minimum atomic E-state index is 0.149. The summed E-state index contributed by atoms with van der Waals surface area (Å²) in [5.74, 6) is 0. The number of aromatic nitrogens is 1. The topological polar surface area (TPSA) is 30.9 Å². The fraction of sp³-hybridized carbons (Fsp3) is 0.667. The van der Waals surface area contributed by atoms with Gasteiger partial charge in [0.1, 0.15) is 0 Å². The highest BCUT2D eigenvalue weighted by molar-refractivity contribution is 5.10. The fourth-order valence-electron chi connectivity index (χ4n) is 1.75. The first-order chi connectivity index (χ1) is 6.75. The van der Waals surface area contributed by atoms with Gasteiger partial charge in [0.25, 0.3) is 0 Å². The predicted octanol–water partition coefficient (Wildman–Crippen LogP) is 3.09. The van der Waals surface area contributed by atoms with Crippen LogP contribution in [0.2, 0.25) is 0 Å². The Kier molecular flexibility index (Phi) is 4.74. The Morgan fingerprint density at radius 1 is 1.36 bits per heavy atom. The summed E-state index contributed by atoms with van der Waals surface area (Å²) < 4.78 is 2.28. The highest BCUT2D eigenvalue weighted by Crippen LogP contribution is 2.12. The first kappa shape index (κ1) is 11.3. The van der Waals surface area contributed by atoms with Crippen LogP contribution in [-0.4, -0.2) is 4.57 Å². The first-order valence-electron chi connectivity index (χ1n) is 5.66. The van der Waals surface area contributed by atoms with E-state index < -0.39 is 0 Å². The van der Waals surface area contributed by atoms with Crippen LogP contribution in [0.5, 0.6) is 0 Å². The maximum absolute atomic E-state index is 5.87. The van der Waals surface area contributed by atoms with Crippen molar-refractivity contribution >= 4 is 0 Å². The Balaban J connectivity index is 2.38. The molecule has 0 fully saturated rings. The second-order valence-electron chi connectivity index (χ2n) is 3.98. The van der Waals surface area contributed by atoms with Crippen LogP contribution in [0, 0.1) is 0 Å². The molecule has 1 aromatic rings. The summed E-state index contributed by atoms with van der Waals surface area (Å²) in [4.78, 5) is 0. The maximum Gasteiger partial charge on any atom is 0.0421 e. The molecule has 2 heteroatoms. The molecule has 80 valence electrons. The van der Waals surface area contributed by atoms with Crippen LogP contribution in [0.25, 0.3) is 0 Å². The molecule has 14 heavy (non-hydrogen) atoms. The van der Waals surface area contributed by atoms with Gasteiger partial charge in [-0.3, -0.25) is 0 Å². The Morgan fingerprint density at radius 2 is 2.14 bits per heavy atom. The van der Waals surface area contributed by atoms with Crippen molar-refractivity contribution in [3.63, 3.8) is 0 Å². The minimum absolute atomic E-state index is 0.149. The predicted molar refractivity (Wildman–Crippen MR) is 61.2 cm³/mol. The molecule has 1 rings (SSSR count). The summed E-state index contributed by atoms with van der Waals surface area (Å²) in [5.41, 5.74) is 7.12. The second-order valence-corrected chi connectivity index (χ2v) is 3.98. The maximum atomic E-state index is 5.87. The van der Waals surface area contributed by atoms with Crippen molar-refractivity contribution in [1.82, 2.24) is 4.57 Å². The molecule has 2 nitrogen and oxygen atoms in total. The third-order valence-corrected chi connectivity index (χ3v) is 2.58. The van der Waals surface area contributed by atoms with Crippen LogP contribution in [0.4, 0.5) is 0 Å². The Morgan fingerprint density at radius 3 is 2.79 bits per heavy atom. The molecule has 1 heterocycles. The second kappa shape index (κ2) is 5.86. The molecule has 0 saturated heterocycles. The summed E-state index contributed by atoms with van der Waals surface area (Å²) >= 11 is 0. The van der Waals surface area contributed by atoms with E-state index in [1.807, 2.05) is 6.92 Å². The molecule has 0 aliphatic rings. The number of nitrogens with two attached hydrogens (primary N) is 1. The van der Waals surface area contributed by atoms with E-state index in [1.165, 1.54) is 31.4 Å². The van der Waals surface area contributed by atoms with E-state index in [4.69, 9.17) is 5.73 Å². The van der Waals surface area contributed by atoms with Crippen LogP contribution in [0.1, 0.15) is 51.3 Å². The zero-order chi connectivity index (χ0) is 10.4. The molecule has 1 aromatic heterocycles. The lowest BCUT2D eigenvalue weighted by atomic mass is 10.2. The van der Waals surface area contributed by atoms with E-state index >= 15 is 0 Å². The average molecular weight is 194 g/mol. The third kappa shape index (κ3) is 3.18. The number of nitrogens with zero attached hydrogens (tertiary/aromatic N) is 1. The lowest BCUT2D eigenvalue weighted by Crippen LogP contribution is -2.11. The van der Waals surface area contributed by atoms with Gasteiger partial charge in [-0.2, -0.15) is 0 Å². The van der Waals surface area contributed by atoms with E-state index in [-0.39, 0.29) is 6.04 Å². The van der Waals surface area contributed by atoms with Gasteiger partial charge >= 0.3 is 0 Å². The molecular weight excluding hydrogens is 172 g/mol. The lowest BCUT2D eigenvalue weighted by Gasteiger charge is -2.11. The van der Waals surface area contributed by atoms with Gasteiger partial charge in [-0.1, -0.05) is 26.2 Å². The van der Waals surface area contributed by atoms with Gasteiger partial charge in [0.2, 0.25) is 0 Å². The molecule has 0 bridgehead atoms. The van der Waals surface area contributed by atoms with Gasteiger partial charge in [0.15, 0.2) is 0 Å². The van der Waals surface area contributed by atoms with Crippen molar-refractivity contribution < 1.29 is 0 Å². The summed E-state index contributed by atoms with van der Waals surface area (Å²) in [7, 11) is 0. The molecule has 1 unspecified atom stereocenters. The Labute approximate surface area is 87.1 Å². The van der Waals surface area contributed by atoms with Crippen LogP contribution < -0.4 is 5.73 Å². The van der Waals surface area contributed by atoms with Gasteiger partial charge in [-0.15, -0.1) is 0 Å². The molecule has 0 saturated carbocycles. The molecule has 0 spiro atoms. The molecule has 0 aliphatic carbocycles. The smallest absolute Gasteiger partial charge is 0.0421 e. The molecule has 0 aromatic carbocycles. The molecule has 2 N–H and O–H groups in total. The highest BCUT2D eigenvalue weighted by Gasteiger charge is 2.04. The third-order valence-electron chi connectivity index (χ3n) is 2.58. The van der Waals surface area contributed by atoms with Crippen LogP contribution in [0.3, 0.4) is 0 Å². The summed E-state index contributed by atoms with van der Waals surface area (Å²) in [6, 6.07) is 4.35. The van der Waals surface area contributed by atoms with Crippen molar-refractivity contribution in [2.45, 2.75) is 52.1 Å². The Bertz CT molecular complexity index is 251. The van der Waals surface area contributed by atoms with Gasteiger partial charge < -0.3 is 10.3 Å². The molecule has 0 amide bonds. The van der Waals surface area contributed by atoms with Gasteiger partial charge in [0.05, 0.1) is 0 Å². The van der Waals surface area contributed by atoms with Crippen LogP contribution in [-0.2, 0) is 6.54 Å². The van der Waals surface area contributed by atoms with E-state index in [0.717, 1.165) is 6.54 Å². The van der Waals surface area contributed by atoms with Crippen molar-refractivity contribution in [3.8, 4) is 0 Å². The Hall–Kier alpha value is -0.760. The van der Waals surface area contributed by atoms with Gasteiger partial charge in [0, 0.05) is 24.5 Å². The quantitative estimate of drug-likeness (QED) is 0.693. The van der Waals surface area contributed by atoms with Gasteiger partial charge in [-0.25, -0.2) is 0 Å². The van der Waals surface area contributed by atoms with Crippen molar-refractivity contribution in [2.75, 3.05) is 0 Å². The SMILES string of the molecule is CCCCCCn1cccc1C(C)N. The molecular formula is C12H22N2. The first-order valence-corrected chi connectivity index (χ1v) is 5.66. The monoisotopic (exact) mass is 194 g/mol. The van der Waals surface area contributed by atoms with E-state index in [1.54, 1.807) is 0 Å². The van der Waals surface area contributed by atoms with E-state index in [2.05, 4.69) is 29.8 Å². The minimum Gasteiger partial charge on any atom is -0.350 e. The number of hydrogen-bond donors (Lipinski definition) is 1. The number of unbranched alkanes of at least 4 members (excludes halogenated alkanes) is 3. The molecule has 0 aliphatic heterocycles. The standard InChI is InChI=1S/C12H22N2/c1-3-4-5-6-9-14-10-7-8-12(14)11(2)13/h7-8,10-11H,3-6,9,13H2,1-2H3. The number of aryl methyl sites for hydroxylation is 1. The van der Waals surface area contributed by atoms with Crippen molar-refractivity contribution in [2.24, 2.45) is 5.73 Å². The van der Waals surface area contributed by atoms with Crippen LogP contribution in [0.15, 0.2) is 18.3 Å². The van der Waals surface area contributed by atoms with Crippen LogP contribution >= 0.6 is 0 Å². The number of rotatable bonds is 6. The largest absolute Gasteiger partial charge is 0.350 e. The number of hydrogen-bond acceptors (Lipinski definition) is 1. The molecule has 0 radical (unpaired) electrons. The summed E-state index contributed by atoms with van der Waals surface area (Å²) in [6.07, 6.45) is 7.36.